The highest BCUT2D eigenvalue weighted by atomic mass is 16.5. The summed E-state index contributed by atoms with van der Waals surface area (Å²) in [7, 11) is 0. The number of morpholine rings is 1. The van der Waals surface area contributed by atoms with Gasteiger partial charge in [-0.3, -0.25) is 4.79 Å². The lowest BCUT2D eigenvalue weighted by Crippen LogP contribution is -2.48. The first-order valence-corrected chi connectivity index (χ1v) is 6.39. The molecular weight excluding hydrogens is 204 g/mol. The maximum absolute atomic E-state index is 12.0. The summed E-state index contributed by atoms with van der Waals surface area (Å²) in [6.07, 6.45) is 5.84. The molecular formula is C12H22N2O2. The Morgan fingerprint density at radius 3 is 2.81 bits per heavy atom. The molecule has 2 aliphatic rings. The predicted octanol–water partition coefficient (Wildman–Crippen LogP) is 0.753. The molecule has 92 valence electrons. The van der Waals surface area contributed by atoms with E-state index >= 15 is 0 Å². The minimum Gasteiger partial charge on any atom is -0.373 e. The average molecular weight is 226 g/mol. The number of hydrogen-bond donors (Lipinski definition) is 1. The molecule has 16 heavy (non-hydrogen) atoms. The molecule has 1 unspecified atom stereocenters. The van der Waals surface area contributed by atoms with Gasteiger partial charge in [0, 0.05) is 26.1 Å². The fourth-order valence-corrected chi connectivity index (χ4v) is 2.68. The number of carbonyl (C=O) groups excluding carboxylic acids is 1. The number of amides is 1. The van der Waals surface area contributed by atoms with Crippen molar-refractivity contribution in [1.29, 1.82) is 0 Å². The van der Waals surface area contributed by atoms with Crippen LogP contribution < -0.4 is 5.73 Å². The van der Waals surface area contributed by atoms with Crippen LogP contribution in [0.4, 0.5) is 0 Å². The zero-order valence-electron chi connectivity index (χ0n) is 9.86. The van der Waals surface area contributed by atoms with Gasteiger partial charge < -0.3 is 15.4 Å². The van der Waals surface area contributed by atoms with E-state index in [-0.39, 0.29) is 6.10 Å². The first-order chi connectivity index (χ1) is 7.79. The van der Waals surface area contributed by atoms with Crippen LogP contribution in [0, 0.1) is 5.92 Å². The van der Waals surface area contributed by atoms with E-state index in [2.05, 4.69) is 0 Å². The number of hydrogen-bond acceptors (Lipinski definition) is 3. The summed E-state index contributed by atoms with van der Waals surface area (Å²) in [5.41, 5.74) is 5.57. The Morgan fingerprint density at radius 2 is 2.12 bits per heavy atom. The Hall–Kier alpha value is -0.610. The third kappa shape index (κ3) is 2.95. The highest BCUT2D eigenvalue weighted by Crippen LogP contribution is 2.28. The van der Waals surface area contributed by atoms with Crippen LogP contribution in [0.5, 0.6) is 0 Å². The van der Waals surface area contributed by atoms with Crippen molar-refractivity contribution in [2.75, 3.05) is 26.2 Å². The van der Waals surface area contributed by atoms with E-state index in [4.69, 9.17) is 10.5 Å². The Morgan fingerprint density at radius 1 is 1.38 bits per heavy atom. The van der Waals surface area contributed by atoms with Crippen LogP contribution in [-0.4, -0.2) is 43.2 Å². The first kappa shape index (κ1) is 11.9. The topological polar surface area (TPSA) is 55.6 Å². The minimum absolute atomic E-state index is 0.0429. The summed E-state index contributed by atoms with van der Waals surface area (Å²) >= 11 is 0. The van der Waals surface area contributed by atoms with Crippen LogP contribution in [0.25, 0.3) is 0 Å². The molecule has 0 bridgehead atoms. The molecule has 1 aliphatic carbocycles. The predicted molar refractivity (Wildman–Crippen MR) is 61.9 cm³/mol. The quantitative estimate of drug-likeness (QED) is 0.772. The zero-order valence-corrected chi connectivity index (χ0v) is 9.86. The maximum Gasteiger partial charge on any atom is 0.223 e. The van der Waals surface area contributed by atoms with Crippen molar-refractivity contribution in [3.8, 4) is 0 Å². The third-order valence-electron chi connectivity index (χ3n) is 3.69. The molecule has 0 aromatic heterocycles. The van der Waals surface area contributed by atoms with Gasteiger partial charge >= 0.3 is 0 Å². The molecule has 0 aromatic rings. The smallest absolute Gasteiger partial charge is 0.223 e. The molecule has 2 N–H and O–H groups in total. The molecule has 4 heteroatoms. The molecule has 1 atom stereocenters. The molecule has 2 rings (SSSR count). The molecule has 1 amide bonds. The zero-order chi connectivity index (χ0) is 11.4. The maximum atomic E-state index is 12.0. The van der Waals surface area contributed by atoms with Gasteiger partial charge in [-0.15, -0.1) is 0 Å². The van der Waals surface area contributed by atoms with Crippen LogP contribution in [0.3, 0.4) is 0 Å². The van der Waals surface area contributed by atoms with Gasteiger partial charge in [-0.1, -0.05) is 12.8 Å². The number of rotatable bonds is 3. The number of nitrogens with zero attached hydrogens (tertiary/aromatic N) is 1. The van der Waals surface area contributed by atoms with E-state index in [0.717, 1.165) is 13.0 Å². The lowest BCUT2D eigenvalue weighted by atomic mass is 10.0. The summed E-state index contributed by atoms with van der Waals surface area (Å²) in [5, 5.41) is 0. The van der Waals surface area contributed by atoms with E-state index in [9.17, 15) is 4.79 Å². The van der Waals surface area contributed by atoms with Crippen LogP contribution in [0.1, 0.15) is 32.1 Å². The second kappa shape index (κ2) is 5.64. The fourth-order valence-electron chi connectivity index (χ4n) is 2.68. The summed E-state index contributed by atoms with van der Waals surface area (Å²) < 4.78 is 5.46. The number of ether oxygens (including phenoxy) is 1. The average Bonchev–Trinajstić information content (AvgIpc) is 2.82. The summed E-state index contributed by atoms with van der Waals surface area (Å²) in [6.45, 7) is 2.57. The van der Waals surface area contributed by atoms with E-state index in [1.54, 1.807) is 0 Å². The van der Waals surface area contributed by atoms with Crippen LogP contribution in [-0.2, 0) is 9.53 Å². The lowest BCUT2D eigenvalue weighted by molar-refractivity contribution is -0.139. The lowest BCUT2D eigenvalue weighted by Gasteiger charge is -2.33. The van der Waals surface area contributed by atoms with Gasteiger partial charge in [0.1, 0.15) is 0 Å². The summed E-state index contributed by atoms with van der Waals surface area (Å²) in [6, 6.07) is 0. The van der Waals surface area contributed by atoms with E-state index in [1.165, 1.54) is 25.7 Å². The second-order valence-corrected chi connectivity index (χ2v) is 4.92. The molecule has 1 saturated carbocycles. The molecule has 0 spiro atoms. The van der Waals surface area contributed by atoms with E-state index in [1.807, 2.05) is 4.90 Å². The number of nitrogens with two attached hydrogens (primary N) is 1. The molecule has 1 aliphatic heterocycles. The highest BCUT2D eigenvalue weighted by molar-refractivity contribution is 5.76. The minimum atomic E-state index is 0.0429. The highest BCUT2D eigenvalue weighted by Gasteiger charge is 2.26. The van der Waals surface area contributed by atoms with Crippen molar-refractivity contribution in [3.05, 3.63) is 0 Å². The Balaban J connectivity index is 1.79. The molecule has 2 fully saturated rings. The van der Waals surface area contributed by atoms with Crippen molar-refractivity contribution in [2.24, 2.45) is 11.7 Å². The fraction of sp³-hybridized carbons (Fsp3) is 0.917. The Kier molecular flexibility index (Phi) is 4.18. The molecule has 1 heterocycles. The normalized spacial score (nSPS) is 27.3. The van der Waals surface area contributed by atoms with E-state index in [0.29, 0.717) is 31.5 Å². The monoisotopic (exact) mass is 226 g/mol. The van der Waals surface area contributed by atoms with Gasteiger partial charge in [-0.25, -0.2) is 0 Å². The summed E-state index contributed by atoms with van der Waals surface area (Å²) in [4.78, 5) is 14.0. The van der Waals surface area contributed by atoms with Crippen LogP contribution in [0.15, 0.2) is 0 Å². The molecule has 0 radical (unpaired) electrons. The third-order valence-corrected chi connectivity index (χ3v) is 3.69. The second-order valence-electron chi connectivity index (χ2n) is 4.92. The van der Waals surface area contributed by atoms with Gasteiger partial charge in [-0.2, -0.15) is 0 Å². The molecule has 4 nitrogen and oxygen atoms in total. The van der Waals surface area contributed by atoms with Crippen molar-refractivity contribution >= 4 is 5.91 Å². The van der Waals surface area contributed by atoms with Crippen molar-refractivity contribution in [1.82, 2.24) is 4.90 Å². The van der Waals surface area contributed by atoms with Crippen molar-refractivity contribution in [2.45, 2.75) is 38.2 Å². The first-order valence-electron chi connectivity index (χ1n) is 6.39. The molecule has 0 aromatic carbocycles. The van der Waals surface area contributed by atoms with Gasteiger partial charge in [-0.05, 0) is 18.8 Å². The van der Waals surface area contributed by atoms with Gasteiger partial charge in [0.15, 0.2) is 0 Å². The van der Waals surface area contributed by atoms with Crippen LogP contribution >= 0.6 is 0 Å². The van der Waals surface area contributed by atoms with Gasteiger partial charge in [0.25, 0.3) is 0 Å². The van der Waals surface area contributed by atoms with E-state index < -0.39 is 0 Å². The Bertz CT molecular complexity index is 239. The molecule has 1 saturated heterocycles. The SMILES string of the molecule is NCC1CN(C(=O)CC2CCCC2)CCO1. The van der Waals surface area contributed by atoms with Crippen molar-refractivity contribution < 1.29 is 9.53 Å². The van der Waals surface area contributed by atoms with Crippen molar-refractivity contribution in [3.63, 3.8) is 0 Å². The van der Waals surface area contributed by atoms with Gasteiger partial charge in [0.05, 0.1) is 12.7 Å². The van der Waals surface area contributed by atoms with Gasteiger partial charge in [0.2, 0.25) is 5.91 Å². The standard InChI is InChI=1S/C12H22N2O2/c13-8-11-9-14(5-6-16-11)12(15)7-10-3-1-2-4-10/h10-11H,1-9,13H2. The largest absolute Gasteiger partial charge is 0.373 e. The van der Waals surface area contributed by atoms with Crippen LogP contribution in [0.2, 0.25) is 0 Å². The Labute approximate surface area is 97.1 Å². The number of carbonyl (C=O) groups is 1. The summed E-state index contributed by atoms with van der Waals surface area (Å²) in [5.74, 6) is 0.931.